The van der Waals surface area contributed by atoms with E-state index in [1.54, 1.807) is 24.3 Å². The van der Waals surface area contributed by atoms with Crippen molar-refractivity contribution in [1.29, 1.82) is 0 Å². The molecule has 1 aromatic heterocycles. The van der Waals surface area contributed by atoms with Crippen LogP contribution >= 0.6 is 0 Å². The van der Waals surface area contributed by atoms with Gasteiger partial charge in [-0.2, -0.15) is 0 Å². The van der Waals surface area contributed by atoms with Crippen LogP contribution in [0.3, 0.4) is 0 Å². The average Bonchev–Trinajstić information content (AvgIpc) is 3.21. The Labute approximate surface area is 349 Å². The Morgan fingerprint density at radius 1 is 0.552 bits per heavy atom. The fourth-order valence-corrected chi connectivity index (χ4v) is 7.21. The predicted octanol–water partition coefficient (Wildman–Crippen LogP) is 15.1. The molecule has 3 rings (SSSR count). The molecule has 0 spiro atoms. The zero-order chi connectivity index (χ0) is 41.5. The maximum absolute atomic E-state index is 13.4. The lowest BCUT2D eigenvalue weighted by Gasteiger charge is -2.09. The Morgan fingerprint density at radius 3 is 1.43 bits per heavy atom. The van der Waals surface area contributed by atoms with E-state index >= 15 is 0 Å². The van der Waals surface area contributed by atoms with Gasteiger partial charge in [0.25, 0.3) is 0 Å². The molecule has 7 nitrogen and oxygen atoms in total. The van der Waals surface area contributed by atoms with E-state index in [2.05, 4.69) is 38.2 Å². The Kier molecular flexibility index (Phi) is 25.7. The molecule has 3 aromatic rings. The van der Waals surface area contributed by atoms with Crippen molar-refractivity contribution in [3.63, 3.8) is 0 Å². The summed E-state index contributed by atoms with van der Waals surface area (Å²) in [5.74, 6) is -0.444. The van der Waals surface area contributed by atoms with Crippen LogP contribution in [0.15, 0.2) is 76.2 Å². The smallest absolute Gasteiger partial charge is 0.311 e. The van der Waals surface area contributed by atoms with Crippen molar-refractivity contribution in [3.05, 3.63) is 77.2 Å². The van der Waals surface area contributed by atoms with E-state index in [1.165, 1.54) is 128 Å². The number of phenolic OH excluding ortho intramolecular Hbond substituents is 1. The summed E-state index contributed by atoms with van der Waals surface area (Å²) in [6, 6.07) is 9.40. The highest BCUT2D eigenvalue weighted by atomic mass is 16.5. The summed E-state index contributed by atoms with van der Waals surface area (Å²) in [6.07, 6.45) is 42.3. The van der Waals surface area contributed by atoms with E-state index in [0.29, 0.717) is 17.7 Å². The van der Waals surface area contributed by atoms with E-state index in [0.717, 1.165) is 57.8 Å². The molecule has 58 heavy (non-hydrogen) atoms. The fourth-order valence-electron chi connectivity index (χ4n) is 7.21. The van der Waals surface area contributed by atoms with Crippen molar-refractivity contribution in [2.45, 2.75) is 194 Å². The Balaban J connectivity index is 1.31. The molecule has 0 aliphatic carbocycles. The van der Waals surface area contributed by atoms with E-state index in [-0.39, 0.29) is 46.4 Å². The zero-order valence-corrected chi connectivity index (χ0v) is 36.0. The molecule has 0 atom stereocenters. The number of unbranched alkanes of at least 4 members (excludes halogenated alkanes) is 22. The van der Waals surface area contributed by atoms with Crippen molar-refractivity contribution < 1.29 is 28.6 Å². The van der Waals surface area contributed by atoms with Crippen LogP contribution in [-0.2, 0) is 9.59 Å². The lowest BCUT2D eigenvalue weighted by Crippen LogP contribution is -2.09. The number of rotatable bonds is 33. The first kappa shape index (κ1) is 48.2. The summed E-state index contributed by atoms with van der Waals surface area (Å²) in [6.45, 7) is 4.50. The molecular formula is C51H74O7. The number of fused-ring (bicyclic) bond motifs is 1. The Morgan fingerprint density at radius 2 is 0.966 bits per heavy atom. The standard InChI is InChI=1S/C51H74O7/c1-3-5-7-9-11-13-15-17-19-21-23-25-27-29-31-33-48(53)57-43-37-35-42(36-38-43)45-41-56-47-40-44(39-46(52)50(47)51(45)55)58-49(54)34-32-30-28-26-24-22-20-18-16-14-12-10-8-6-4-2/h17-20,35-41,52H,3-16,21-34H2,1-2H3/b19-17-,20-18-. The first-order valence-electron chi connectivity index (χ1n) is 23.0. The van der Waals surface area contributed by atoms with Gasteiger partial charge in [-0.25, -0.2) is 0 Å². The topological polar surface area (TPSA) is 103 Å². The molecule has 0 aliphatic rings. The number of aromatic hydroxyl groups is 1. The highest BCUT2D eigenvalue weighted by molar-refractivity contribution is 5.88. The molecule has 0 aliphatic heterocycles. The van der Waals surface area contributed by atoms with Crippen LogP contribution in [0.4, 0.5) is 0 Å². The molecule has 320 valence electrons. The molecule has 1 N–H and O–H groups in total. The molecule has 0 saturated heterocycles. The Bertz CT molecular complexity index is 1680. The number of ether oxygens (including phenoxy) is 2. The van der Waals surface area contributed by atoms with Crippen molar-refractivity contribution in [2.24, 2.45) is 0 Å². The van der Waals surface area contributed by atoms with Crippen LogP contribution in [0.2, 0.25) is 0 Å². The third-order valence-corrected chi connectivity index (χ3v) is 10.7. The van der Waals surface area contributed by atoms with E-state index in [4.69, 9.17) is 13.9 Å². The number of hydrogen-bond donors (Lipinski definition) is 1. The molecule has 2 aromatic carbocycles. The molecule has 7 heteroatoms. The van der Waals surface area contributed by atoms with Gasteiger partial charge in [0.1, 0.15) is 34.5 Å². The summed E-state index contributed by atoms with van der Waals surface area (Å²) < 4.78 is 16.8. The third-order valence-electron chi connectivity index (χ3n) is 10.7. The number of hydrogen-bond acceptors (Lipinski definition) is 7. The molecule has 0 amide bonds. The van der Waals surface area contributed by atoms with Crippen molar-refractivity contribution in [2.75, 3.05) is 0 Å². The lowest BCUT2D eigenvalue weighted by molar-refractivity contribution is -0.135. The number of carbonyl (C=O) groups is 2. The molecule has 0 fully saturated rings. The second-order valence-corrected chi connectivity index (χ2v) is 15.9. The second-order valence-electron chi connectivity index (χ2n) is 15.9. The molecule has 0 bridgehead atoms. The molecule has 0 unspecified atom stereocenters. The van der Waals surface area contributed by atoms with Gasteiger partial charge >= 0.3 is 11.9 Å². The SMILES string of the molecule is CCCCCCCC/C=C\CCCCCCCC(=O)Oc1ccc(-c2coc3cc(OC(=O)CCCCCCC/C=C\CCCCCCCC)cc(O)c3c2=O)cc1. The monoisotopic (exact) mass is 799 g/mol. The van der Waals surface area contributed by atoms with Gasteiger partial charge < -0.3 is 19.0 Å². The van der Waals surface area contributed by atoms with Crippen LogP contribution in [0.1, 0.15) is 194 Å². The summed E-state index contributed by atoms with van der Waals surface area (Å²) in [4.78, 5) is 38.4. The normalized spacial score (nSPS) is 11.6. The van der Waals surface area contributed by atoms with Gasteiger partial charge in [0.2, 0.25) is 5.43 Å². The van der Waals surface area contributed by atoms with E-state index in [1.807, 2.05) is 0 Å². The van der Waals surface area contributed by atoms with Crippen molar-refractivity contribution in [3.8, 4) is 28.4 Å². The zero-order valence-electron chi connectivity index (χ0n) is 36.0. The van der Waals surface area contributed by atoms with Gasteiger partial charge in [0.05, 0.1) is 5.56 Å². The maximum Gasteiger partial charge on any atom is 0.311 e. The van der Waals surface area contributed by atoms with Gasteiger partial charge in [-0.1, -0.05) is 153 Å². The van der Waals surface area contributed by atoms with Crippen LogP contribution in [0.5, 0.6) is 17.2 Å². The van der Waals surface area contributed by atoms with Gasteiger partial charge in [-0.05, 0) is 81.9 Å². The van der Waals surface area contributed by atoms with Crippen LogP contribution in [0.25, 0.3) is 22.1 Å². The molecule has 0 saturated carbocycles. The minimum absolute atomic E-state index is 0.00465. The summed E-state index contributed by atoms with van der Waals surface area (Å²) in [5.41, 5.74) is 0.517. The largest absolute Gasteiger partial charge is 0.507 e. The fraction of sp³-hybridized carbons (Fsp3) is 0.588. The van der Waals surface area contributed by atoms with Gasteiger partial charge in [0.15, 0.2) is 0 Å². The van der Waals surface area contributed by atoms with E-state index < -0.39 is 5.43 Å². The van der Waals surface area contributed by atoms with Crippen LogP contribution in [0, 0.1) is 0 Å². The van der Waals surface area contributed by atoms with Gasteiger partial charge in [-0.3, -0.25) is 14.4 Å². The number of phenols is 1. The minimum atomic E-state index is -0.418. The van der Waals surface area contributed by atoms with Gasteiger partial charge in [0, 0.05) is 25.0 Å². The Hall–Kier alpha value is -4.13. The molecule has 0 radical (unpaired) electrons. The maximum atomic E-state index is 13.4. The summed E-state index contributed by atoms with van der Waals surface area (Å²) in [5, 5.41) is 10.8. The van der Waals surface area contributed by atoms with Crippen molar-refractivity contribution >= 4 is 22.9 Å². The average molecular weight is 799 g/mol. The quantitative estimate of drug-likeness (QED) is 0.0283. The predicted molar refractivity (Wildman–Crippen MR) is 240 cm³/mol. The van der Waals surface area contributed by atoms with E-state index in [9.17, 15) is 19.5 Å². The molecule has 1 heterocycles. The minimum Gasteiger partial charge on any atom is -0.507 e. The first-order valence-corrected chi connectivity index (χ1v) is 23.0. The van der Waals surface area contributed by atoms with Crippen molar-refractivity contribution in [1.82, 2.24) is 0 Å². The second kappa shape index (κ2) is 30.9. The summed E-state index contributed by atoms with van der Waals surface area (Å²) in [7, 11) is 0. The van der Waals surface area contributed by atoms with Crippen LogP contribution < -0.4 is 14.9 Å². The number of esters is 2. The first-order chi connectivity index (χ1) is 28.4. The highest BCUT2D eigenvalue weighted by Gasteiger charge is 2.16. The highest BCUT2D eigenvalue weighted by Crippen LogP contribution is 2.31. The lowest BCUT2D eigenvalue weighted by atomic mass is 10.0. The van der Waals surface area contributed by atoms with Gasteiger partial charge in [-0.15, -0.1) is 0 Å². The molecular weight excluding hydrogens is 725 g/mol. The third kappa shape index (κ3) is 20.5. The number of carbonyl (C=O) groups excluding carboxylic acids is 2. The number of allylic oxidation sites excluding steroid dienone is 4. The van der Waals surface area contributed by atoms with Crippen LogP contribution in [-0.4, -0.2) is 17.0 Å². The summed E-state index contributed by atoms with van der Waals surface area (Å²) >= 11 is 0. The number of benzene rings is 2.